The molecule has 1 aliphatic carbocycles. The van der Waals surface area contributed by atoms with Crippen LogP contribution >= 0.6 is 23.8 Å². The Morgan fingerprint density at radius 3 is 1.94 bits per heavy atom. The van der Waals surface area contributed by atoms with E-state index in [-0.39, 0.29) is 143 Å². The first-order valence-corrected chi connectivity index (χ1v) is 27.2. The number of unbranched alkanes of at least 4 members (excludes halogenated alkanes) is 2. The zero-order valence-electron chi connectivity index (χ0n) is 38.2. The van der Waals surface area contributed by atoms with Crippen LogP contribution in [-0.2, 0) is 60.7 Å². The zero-order chi connectivity index (χ0) is 45.9. The van der Waals surface area contributed by atoms with Gasteiger partial charge in [-0.2, -0.15) is 8.91 Å². The SMILES string of the molecule is CC1(C)C(C=CC2=C(SCCS(=O)(=O)[O-])C(=C/C=C3/N(CCCCS(=O)(=O)[O-])c4ccc(S(=O)(=O)[O-])cc4C3(C)C)CC2)=[N+](CCCCS(=O)(=O)[O-])c2ccc(SOO[O-])cc21.[Na+].[Na+].[Na+].[Na+]. The van der Waals surface area contributed by atoms with Gasteiger partial charge in [0, 0.05) is 80.3 Å². The molecule has 0 spiro atoms. The molecule has 342 valence electrons. The smallest absolute Gasteiger partial charge is 0.748 e. The molecule has 0 fully saturated rings. The molecule has 0 bridgehead atoms. The van der Waals surface area contributed by atoms with Crippen LogP contribution in [0.1, 0.15) is 77.3 Å². The minimum Gasteiger partial charge on any atom is -0.748 e. The predicted molar refractivity (Wildman–Crippen MR) is 228 cm³/mol. The number of hydrogen-bond acceptors (Lipinski definition) is 18. The number of benzene rings is 2. The number of allylic oxidation sites excluding steroid dienone is 7. The van der Waals surface area contributed by atoms with Crippen molar-refractivity contribution in [3.63, 3.8) is 0 Å². The van der Waals surface area contributed by atoms with E-state index in [0.717, 1.165) is 45.1 Å². The van der Waals surface area contributed by atoms with Crippen LogP contribution in [0.25, 0.3) is 0 Å². The second kappa shape index (κ2) is 26.9. The molecule has 0 unspecified atom stereocenters. The maximum atomic E-state index is 12.0. The molecule has 0 atom stereocenters. The molecule has 2 heterocycles. The molecule has 2 aliphatic heterocycles. The Balaban J connectivity index is 0.00000544. The molecule has 3 aliphatic rings. The molecule has 0 radical (unpaired) electrons. The average Bonchev–Trinajstić information content (AvgIpc) is 3.71. The summed E-state index contributed by atoms with van der Waals surface area (Å²) in [5.41, 5.74) is 4.49. The predicted octanol–water partition coefficient (Wildman–Crippen LogP) is -7.65. The van der Waals surface area contributed by atoms with Crippen molar-refractivity contribution >= 4 is 81.4 Å². The number of fused-ring (bicyclic) bond motifs is 2. The van der Waals surface area contributed by atoms with E-state index in [4.69, 9.17) is 0 Å². The third-order valence-corrected chi connectivity index (χ3v) is 16.1. The van der Waals surface area contributed by atoms with Crippen LogP contribution in [0.2, 0.25) is 0 Å². The van der Waals surface area contributed by atoms with Gasteiger partial charge in [0.05, 0.1) is 52.7 Å². The Labute approximate surface area is 485 Å². The molecule has 0 N–H and O–H groups in total. The van der Waals surface area contributed by atoms with Crippen LogP contribution in [0.4, 0.5) is 11.4 Å². The summed E-state index contributed by atoms with van der Waals surface area (Å²) in [5.74, 6) is -1.74. The molecule has 17 nitrogen and oxygen atoms in total. The minimum absolute atomic E-state index is 0. The molecule has 0 amide bonds. The van der Waals surface area contributed by atoms with Gasteiger partial charge in [-0.25, -0.2) is 33.7 Å². The molecular weight excluding hydrogens is 1020 g/mol. The van der Waals surface area contributed by atoms with Crippen molar-refractivity contribution in [2.24, 2.45) is 0 Å². The van der Waals surface area contributed by atoms with E-state index in [9.17, 15) is 57.1 Å². The Morgan fingerprint density at radius 1 is 0.727 bits per heavy atom. The van der Waals surface area contributed by atoms with Gasteiger partial charge >= 0.3 is 118 Å². The third kappa shape index (κ3) is 17.6. The average molecular weight is 1070 g/mol. The third-order valence-electron chi connectivity index (χ3n) is 10.9. The summed E-state index contributed by atoms with van der Waals surface area (Å²) in [5, 5.41) is 14.1. The quantitative estimate of drug-likeness (QED) is 0.0214. The maximum absolute atomic E-state index is 12.0. The fourth-order valence-corrected chi connectivity index (χ4v) is 12.0. The van der Waals surface area contributed by atoms with Gasteiger partial charge in [-0.3, -0.25) is 5.04 Å². The Hall–Kier alpha value is 1.09. The summed E-state index contributed by atoms with van der Waals surface area (Å²) in [6, 6.07) is 9.48. The van der Waals surface area contributed by atoms with Crippen LogP contribution in [0, 0.1) is 0 Å². The summed E-state index contributed by atoms with van der Waals surface area (Å²) in [6.07, 6.45) is 9.46. The van der Waals surface area contributed by atoms with E-state index in [0.29, 0.717) is 54.1 Å². The van der Waals surface area contributed by atoms with E-state index in [1.165, 1.54) is 30.0 Å². The van der Waals surface area contributed by atoms with Gasteiger partial charge < -0.3 is 28.4 Å². The van der Waals surface area contributed by atoms with Crippen LogP contribution in [-0.4, -0.2) is 98.3 Å². The van der Waals surface area contributed by atoms with Gasteiger partial charge in [0.15, 0.2) is 5.71 Å². The van der Waals surface area contributed by atoms with Gasteiger partial charge in [-0.15, -0.1) is 11.8 Å². The van der Waals surface area contributed by atoms with E-state index in [2.05, 4.69) is 9.37 Å². The minimum atomic E-state index is -4.80. The Morgan fingerprint density at radius 2 is 1.35 bits per heavy atom. The van der Waals surface area contributed by atoms with Crippen molar-refractivity contribution in [3.05, 3.63) is 93.6 Å². The van der Waals surface area contributed by atoms with Gasteiger partial charge in [0.1, 0.15) is 16.7 Å². The van der Waals surface area contributed by atoms with Crippen molar-refractivity contribution in [2.45, 2.75) is 86.8 Å². The van der Waals surface area contributed by atoms with Crippen molar-refractivity contribution < 1.29 is 189 Å². The summed E-state index contributed by atoms with van der Waals surface area (Å²) < 4.78 is 146. The van der Waals surface area contributed by atoms with Crippen LogP contribution < -0.4 is 128 Å². The number of anilines is 1. The monoisotopic (exact) mass is 1070 g/mol. The van der Waals surface area contributed by atoms with E-state index >= 15 is 0 Å². The second-order valence-corrected chi connectivity index (χ2v) is 23.8. The fourth-order valence-electron chi connectivity index (χ4n) is 7.96. The van der Waals surface area contributed by atoms with Gasteiger partial charge in [0.25, 0.3) is 0 Å². The van der Waals surface area contributed by atoms with Gasteiger partial charge in [-0.05, 0) is 99.1 Å². The van der Waals surface area contributed by atoms with Crippen molar-refractivity contribution in [1.82, 2.24) is 0 Å². The molecule has 66 heavy (non-hydrogen) atoms. The van der Waals surface area contributed by atoms with E-state index < -0.39 is 73.5 Å². The first-order valence-electron chi connectivity index (χ1n) is 19.3. The van der Waals surface area contributed by atoms with E-state index in [1.807, 2.05) is 73.6 Å². The zero-order valence-corrected chi connectivity index (χ0v) is 51.1. The summed E-state index contributed by atoms with van der Waals surface area (Å²) >= 11 is 1.94. The first-order chi connectivity index (χ1) is 28.7. The number of thioether (sulfide) groups is 1. The number of rotatable bonds is 21. The molecule has 0 saturated heterocycles. The molecule has 0 saturated carbocycles. The van der Waals surface area contributed by atoms with Gasteiger partial charge in [-0.1, -0.05) is 26.0 Å². The number of hydrogen-bond donors (Lipinski definition) is 0. The van der Waals surface area contributed by atoms with Crippen molar-refractivity contribution in [3.8, 4) is 0 Å². The Bertz CT molecular complexity index is 2690. The van der Waals surface area contributed by atoms with Crippen molar-refractivity contribution in [1.29, 1.82) is 0 Å². The molecule has 0 aromatic heterocycles. The van der Waals surface area contributed by atoms with Crippen LogP contribution in [0.15, 0.2) is 92.2 Å². The Kier molecular flexibility index (Phi) is 26.5. The van der Waals surface area contributed by atoms with Crippen molar-refractivity contribution in [2.75, 3.05) is 41.0 Å². The first kappa shape index (κ1) is 65.1. The van der Waals surface area contributed by atoms with Crippen LogP contribution in [0.5, 0.6) is 0 Å². The summed E-state index contributed by atoms with van der Waals surface area (Å²) in [7, 11) is -18.2. The largest absolute Gasteiger partial charge is 1.00 e. The molecule has 5 rings (SSSR count). The molecule has 27 heteroatoms. The second-order valence-electron chi connectivity index (χ2n) is 15.9. The molecule has 2 aromatic rings. The standard InChI is InChI=1S/C39H50N2O15S6.4Na/c1-38(2)31-25-29(58-56-55-42)13-15-33(31)40(19-5-7-22-59(43,44)45)35(38)17-11-27-9-10-28(37(27)57-21-24-61(49,50)51)12-18-36-39(3,4)32-26-30(62(52,53)54)14-16-34(32)41(36)20-6-8-23-60(46,47)48;;;;/h11-18,25-26H,5-10,19-24H2,1-4H3,(H4-,42,43,44,45,46,47,48,49,50,51,52,53,54);;;;/q;4*+1/p-4. The summed E-state index contributed by atoms with van der Waals surface area (Å²) in [6.45, 7) is 8.31. The maximum Gasteiger partial charge on any atom is 1.00 e. The van der Waals surface area contributed by atoms with Crippen LogP contribution in [0.3, 0.4) is 0 Å². The summed E-state index contributed by atoms with van der Waals surface area (Å²) in [4.78, 5) is 2.80. The topological polar surface area (TPSA) is 277 Å². The normalized spacial score (nSPS) is 18.0. The number of nitrogens with zero attached hydrogens (tertiary/aromatic N) is 2. The fraction of sp³-hybridized carbons (Fsp3) is 0.462. The van der Waals surface area contributed by atoms with E-state index in [1.54, 1.807) is 6.07 Å². The molecular formula is C39H46N2Na4O15S6. The molecule has 2 aromatic carbocycles. The van der Waals surface area contributed by atoms with Gasteiger partial charge in [0.2, 0.25) is 5.69 Å².